The maximum absolute atomic E-state index is 12.4. The first-order valence-electron chi connectivity index (χ1n) is 8.69. The number of nitrogens with zero attached hydrogens (tertiary/aromatic N) is 2. The Kier molecular flexibility index (Phi) is 5.33. The summed E-state index contributed by atoms with van der Waals surface area (Å²) in [5.41, 5.74) is 3.01. The molecule has 0 aliphatic carbocycles. The van der Waals surface area contributed by atoms with E-state index in [0.717, 1.165) is 17.5 Å². The van der Waals surface area contributed by atoms with Crippen molar-refractivity contribution in [1.82, 2.24) is 14.9 Å². The van der Waals surface area contributed by atoms with Crippen molar-refractivity contribution in [3.05, 3.63) is 60.2 Å². The van der Waals surface area contributed by atoms with E-state index in [-0.39, 0.29) is 18.5 Å². The Bertz CT molecular complexity index is 841. The lowest BCUT2D eigenvalue weighted by atomic mass is 10.2. The molecule has 0 aliphatic heterocycles. The van der Waals surface area contributed by atoms with E-state index in [1.54, 1.807) is 0 Å². The molecule has 0 aliphatic rings. The third kappa shape index (κ3) is 4.18. The van der Waals surface area contributed by atoms with Crippen molar-refractivity contribution in [2.45, 2.75) is 39.4 Å². The van der Waals surface area contributed by atoms with Crippen molar-refractivity contribution in [2.24, 2.45) is 0 Å². The lowest BCUT2D eigenvalue weighted by Crippen LogP contribution is -2.34. The number of para-hydroxylation sites is 2. The van der Waals surface area contributed by atoms with Crippen LogP contribution in [-0.4, -0.2) is 21.5 Å². The molecule has 1 heterocycles. The van der Waals surface area contributed by atoms with Crippen molar-refractivity contribution >= 4 is 22.9 Å². The molecule has 2 N–H and O–H groups in total. The van der Waals surface area contributed by atoms with Crippen molar-refractivity contribution in [1.29, 1.82) is 0 Å². The number of imidazole rings is 1. The Morgan fingerprint density at radius 1 is 1.12 bits per heavy atom. The number of amides is 1. The molecule has 3 aromatic rings. The fourth-order valence-corrected chi connectivity index (χ4v) is 2.71. The molecule has 1 atom stereocenters. The summed E-state index contributed by atoms with van der Waals surface area (Å²) in [4.78, 5) is 17.0. The fraction of sp³-hybridized carbons (Fsp3) is 0.300. The van der Waals surface area contributed by atoms with Gasteiger partial charge in [-0.25, -0.2) is 4.98 Å². The monoisotopic (exact) mass is 336 g/mol. The molecule has 25 heavy (non-hydrogen) atoms. The number of fused-ring (bicyclic) bond motifs is 1. The highest BCUT2D eigenvalue weighted by atomic mass is 16.2. The summed E-state index contributed by atoms with van der Waals surface area (Å²) in [5, 5.41) is 6.38. The van der Waals surface area contributed by atoms with Gasteiger partial charge < -0.3 is 15.2 Å². The zero-order valence-corrected chi connectivity index (χ0v) is 14.7. The van der Waals surface area contributed by atoms with Crippen LogP contribution in [0.5, 0.6) is 0 Å². The highest BCUT2D eigenvalue weighted by Gasteiger charge is 2.14. The van der Waals surface area contributed by atoms with Gasteiger partial charge in [0.05, 0.1) is 11.0 Å². The predicted octanol–water partition coefficient (Wildman–Crippen LogP) is 3.56. The van der Waals surface area contributed by atoms with Gasteiger partial charge in [0.2, 0.25) is 11.9 Å². The van der Waals surface area contributed by atoms with Gasteiger partial charge in [-0.2, -0.15) is 0 Å². The predicted molar refractivity (Wildman–Crippen MR) is 101 cm³/mol. The van der Waals surface area contributed by atoms with E-state index in [1.165, 1.54) is 5.56 Å². The molecule has 0 saturated carbocycles. The first-order valence-corrected chi connectivity index (χ1v) is 8.69. The molecule has 3 rings (SSSR count). The molecule has 0 saturated heterocycles. The molecule has 0 bridgehead atoms. The fourth-order valence-electron chi connectivity index (χ4n) is 2.71. The van der Waals surface area contributed by atoms with Crippen LogP contribution in [0.25, 0.3) is 11.0 Å². The number of aromatic nitrogens is 2. The second kappa shape index (κ2) is 7.83. The van der Waals surface area contributed by atoms with Crippen molar-refractivity contribution in [2.75, 3.05) is 5.32 Å². The molecule has 0 spiro atoms. The van der Waals surface area contributed by atoms with Crippen molar-refractivity contribution < 1.29 is 4.79 Å². The number of benzene rings is 2. The van der Waals surface area contributed by atoms with Gasteiger partial charge in [0.1, 0.15) is 6.54 Å². The molecule has 5 nitrogen and oxygen atoms in total. The Hall–Kier alpha value is -2.82. The standard InChI is InChI=1S/C20H24N4O/c1-3-15(2)22-19(25)14-24-18-12-8-7-11-17(18)23-20(24)21-13-16-9-5-4-6-10-16/h4-12,15H,3,13-14H2,1-2H3,(H,21,23)(H,22,25)/t15-/m0/s1. The molecular weight excluding hydrogens is 312 g/mol. The Morgan fingerprint density at radius 2 is 1.84 bits per heavy atom. The summed E-state index contributed by atoms with van der Waals surface area (Å²) in [6.45, 7) is 4.99. The van der Waals surface area contributed by atoms with Crippen LogP contribution in [0.1, 0.15) is 25.8 Å². The number of carbonyl (C=O) groups is 1. The maximum Gasteiger partial charge on any atom is 0.240 e. The van der Waals surface area contributed by atoms with Gasteiger partial charge in [-0.3, -0.25) is 4.79 Å². The number of hydrogen-bond donors (Lipinski definition) is 2. The number of rotatable bonds is 7. The number of carbonyl (C=O) groups excluding carboxylic acids is 1. The van der Waals surface area contributed by atoms with E-state index in [4.69, 9.17) is 0 Å². The van der Waals surface area contributed by atoms with Gasteiger partial charge in [-0.05, 0) is 31.0 Å². The zero-order valence-electron chi connectivity index (χ0n) is 14.7. The average molecular weight is 336 g/mol. The van der Waals surface area contributed by atoms with Gasteiger partial charge in [0.15, 0.2) is 0 Å². The minimum absolute atomic E-state index is 0.000245. The first kappa shape index (κ1) is 17.0. The van der Waals surface area contributed by atoms with Crippen molar-refractivity contribution in [3.8, 4) is 0 Å². The first-order chi connectivity index (χ1) is 12.2. The third-order valence-electron chi connectivity index (χ3n) is 4.27. The van der Waals surface area contributed by atoms with Crippen LogP contribution in [0.15, 0.2) is 54.6 Å². The number of nitrogens with one attached hydrogen (secondary N) is 2. The second-order valence-corrected chi connectivity index (χ2v) is 6.23. The molecule has 0 fully saturated rings. The molecule has 1 amide bonds. The minimum atomic E-state index is 0.000245. The molecule has 0 unspecified atom stereocenters. The van der Waals surface area contributed by atoms with Crippen molar-refractivity contribution in [3.63, 3.8) is 0 Å². The molecule has 130 valence electrons. The largest absolute Gasteiger partial charge is 0.352 e. The summed E-state index contributed by atoms with van der Waals surface area (Å²) < 4.78 is 1.94. The van der Waals surface area contributed by atoms with Crippen LogP contribution < -0.4 is 10.6 Å². The van der Waals surface area contributed by atoms with E-state index in [0.29, 0.717) is 12.5 Å². The van der Waals surface area contributed by atoms with E-state index in [2.05, 4.69) is 34.7 Å². The normalized spacial score (nSPS) is 12.1. The minimum Gasteiger partial charge on any atom is -0.352 e. The Balaban J connectivity index is 1.83. The van der Waals surface area contributed by atoms with E-state index >= 15 is 0 Å². The Labute approximate surface area is 148 Å². The molecule has 0 radical (unpaired) electrons. The van der Waals surface area contributed by atoms with Crippen LogP contribution in [0, 0.1) is 0 Å². The number of hydrogen-bond acceptors (Lipinski definition) is 3. The summed E-state index contributed by atoms with van der Waals surface area (Å²) >= 11 is 0. The summed E-state index contributed by atoms with van der Waals surface area (Å²) in [6, 6.07) is 18.2. The topological polar surface area (TPSA) is 59.0 Å². The van der Waals surface area contributed by atoms with Crippen LogP contribution in [0.4, 0.5) is 5.95 Å². The SMILES string of the molecule is CC[C@H](C)NC(=O)Cn1c(NCc2ccccc2)nc2ccccc21. The number of anilines is 1. The second-order valence-electron chi connectivity index (χ2n) is 6.23. The van der Waals surface area contributed by atoms with Gasteiger partial charge in [-0.15, -0.1) is 0 Å². The highest BCUT2D eigenvalue weighted by molar-refractivity contribution is 5.83. The molecule has 1 aromatic heterocycles. The average Bonchev–Trinajstić information content (AvgIpc) is 2.98. The van der Waals surface area contributed by atoms with E-state index in [9.17, 15) is 4.79 Å². The van der Waals surface area contributed by atoms with E-state index < -0.39 is 0 Å². The van der Waals surface area contributed by atoms with Crippen LogP contribution in [-0.2, 0) is 17.9 Å². The molecule has 2 aromatic carbocycles. The lowest BCUT2D eigenvalue weighted by molar-refractivity contribution is -0.122. The molecular formula is C20H24N4O. The maximum atomic E-state index is 12.4. The highest BCUT2D eigenvalue weighted by Crippen LogP contribution is 2.20. The van der Waals surface area contributed by atoms with E-state index in [1.807, 2.05) is 54.0 Å². The summed E-state index contributed by atoms with van der Waals surface area (Å²) in [6.07, 6.45) is 0.912. The van der Waals surface area contributed by atoms with Gasteiger partial charge in [0.25, 0.3) is 0 Å². The summed E-state index contributed by atoms with van der Waals surface area (Å²) in [5.74, 6) is 0.713. The van der Waals surface area contributed by atoms with Gasteiger partial charge in [-0.1, -0.05) is 49.4 Å². The Morgan fingerprint density at radius 3 is 2.60 bits per heavy atom. The summed E-state index contributed by atoms with van der Waals surface area (Å²) in [7, 11) is 0. The third-order valence-corrected chi connectivity index (χ3v) is 4.27. The molecule has 5 heteroatoms. The van der Waals surface area contributed by atoms with Crippen LogP contribution >= 0.6 is 0 Å². The van der Waals surface area contributed by atoms with Gasteiger partial charge >= 0.3 is 0 Å². The lowest BCUT2D eigenvalue weighted by Gasteiger charge is -2.14. The van der Waals surface area contributed by atoms with Gasteiger partial charge in [0, 0.05) is 12.6 Å². The smallest absolute Gasteiger partial charge is 0.240 e. The zero-order chi connectivity index (χ0) is 17.6. The van der Waals surface area contributed by atoms with Crippen LogP contribution in [0.3, 0.4) is 0 Å². The quantitative estimate of drug-likeness (QED) is 0.693. The van der Waals surface area contributed by atoms with Crippen LogP contribution in [0.2, 0.25) is 0 Å².